The van der Waals surface area contributed by atoms with E-state index >= 15 is 0 Å². The Labute approximate surface area is 346 Å². The summed E-state index contributed by atoms with van der Waals surface area (Å²) < 4.78 is 77.5. The first-order valence-electron chi connectivity index (χ1n) is 19.6. The van der Waals surface area contributed by atoms with E-state index in [1.807, 2.05) is 0 Å². The van der Waals surface area contributed by atoms with E-state index in [1.165, 1.54) is 22.3 Å². The highest BCUT2D eigenvalue weighted by Gasteiger charge is 2.55. The Balaban J connectivity index is 0.000000542. The second kappa shape index (κ2) is 18.8. The molecule has 0 aliphatic heterocycles. The number of fused-ring (bicyclic) bond motifs is 2. The van der Waals surface area contributed by atoms with E-state index in [0.717, 1.165) is 75.7 Å². The topological polar surface area (TPSA) is 151 Å². The number of benzene rings is 2. The molecule has 2 aromatic rings. The lowest BCUT2D eigenvalue weighted by molar-refractivity contribution is -0.906. The van der Waals surface area contributed by atoms with E-state index in [4.69, 9.17) is 9.47 Å². The molecule has 0 N–H and O–H groups in total. The van der Waals surface area contributed by atoms with Gasteiger partial charge in [-0.1, -0.05) is 109 Å². The van der Waals surface area contributed by atoms with Gasteiger partial charge in [0, 0.05) is 0 Å². The number of hydrogen-bond acceptors (Lipinski definition) is 10. The van der Waals surface area contributed by atoms with Crippen molar-refractivity contribution in [2.24, 2.45) is 0 Å². The van der Waals surface area contributed by atoms with Crippen molar-refractivity contribution in [2.75, 3.05) is 80.8 Å². The molecule has 4 aliphatic rings. The van der Waals surface area contributed by atoms with Crippen molar-refractivity contribution < 1.29 is 52.7 Å². The van der Waals surface area contributed by atoms with Crippen LogP contribution in [-0.2, 0) is 49.5 Å². The van der Waals surface area contributed by atoms with Crippen LogP contribution < -0.4 is 0 Å². The van der Waals surface area contributed by atoms with E-state index in [-0.39, 0.29) is 10.8 Å². The predicted molar refractivity (Wildman–Crippen MR) is 225 cm³/mol. The van der Waals surface area contributed by atoms with Gasteiger partial charge in [0.05, 0.1) is 78.5 Å². The lowest BCUT2D eigenvalue weighted by Crippen LogP contribution is -2.57. The molecule has 0 fully saturated rings. The van der Waals surface area contributed by atoms with E-state index in [0.29, 0.717) is 0 Å². The maximum absolute atomic E-state index is 9.22. The second-order valence-electron chi connectivity index (χ2n) is 15.4. The summed E-state index contributed by atoms with van der Waals surface area (Å²) in [6, 6.07) is 18.2. The highest BCUT2D eigenvalue weighted by Crippen LogP contribution is 2.53. The summed E-state index contributed by atoms with van der Waals surface area (Å²) in [4.78, 5) is 0. The summed E-state index contributed by atoms with van der Waals surface area (Å²) in [5.74, 6) is 0. The van der Waals surface area contributed by atoms with E-state index in [2.05, 4.69) is 172 Å². The number of likely N-dealkylation sites (N-methyl/N-ethyl adjacent to an activating group) is 2. The van der Waals surface area contributed by atoms with Crippen LogP contribution in [0.15, 0.2) is 121 Å². The van der Waals surface area contributed by atoms with Gasteiger partial charge in [-0.25, -0.2) is 16.8 Å². The van der Waals surface area contributed by atoms with Crippen LogP contribution in [0.1, 0.15) is 38.8 Å². The molecule has 12 nitrogen and oxygen atoms in total. The number of nitrogens with zero attached hydrogens (tertiary/aromatic N) is 2. The van der Waals surface area contributed by atoms with Gasteiger partial charge >= 0.3 is 0 Å². The van der Waals surface area contributed by atoms with Crippen molar-refractivity contribution in [1.82, 2.24) is 0 Å². The summed E-state index contributed by atoms with van der Waals surface area (Å²) in [7, 11) is -2.57. The van der Waals surface area contributed by atoms with Crippen molar-refractivity contribution in [2.45, 2.75) is 49.7 Å². The van der Waals surface area contributed by atoms with Crippen LogP contribution in [0.25, 0.3) is 11.1 Å². The molecule has 0 saturated carbocycles. The smallest absolute Gasteiger partial charge is 0.217 e. The standard InChI is InChI=1S/C42H54N2O2.2CH4O4S/c1-7-43(5,8-2)31-33-45-41-25-13-11-23-39(41,27-29-41)37-19-15-35(16-20-37)36-17-21-38(22-18-36)40-24-12-14-26-42(40,30-28-40)46-34-32-44(6,9-3)10-4;2*1-5-6(2,3)4/h11-30H,7-10,31-34H2,1-6H3;2*1H3,(H,2,3,4)/q+2;;/p-2. The molecule has 0 bridgehead atoms. The molecular weight excluding hydrogens is 781 g/mol. The number of quaternary nitrogens is 2. The highest BCUT2D eigenvalue weighted by atomic mass is 32.3. The van der Waals surface area contributed by atoms with Crippen molar-refractivity contribution in [3.05, 3.63) is 133 Å². The fourth-order valence-electron chi connectivity index (χ4n) is 7.52. The zero-order valence-electron chi connectivity index (χ0n) is 35.0. The molecule has 4 aliphatic carbocycles. The van der Waals surface area contributed by atoms with E-state index in [1.54, 1.807) is 0 Å². The second-order valence-corrected chi connectivity index (χ2v) is 17.7. The van der Waals surface area contributed by atoms with Gasteiger partial charge in [0.15, 0.2) is 0 Å². The Bertz CT molecular complexity index is 1950. The minimum Gasteiger partial charge on any atom is -0.726 e. The molecule has 0 amide bonds. The molecule has 0 radical (unpaired) electrons. The molecule has 0 aromatic heterocycles. The Morgan fingerprint density at radius 1 is 0.500 bits per heavy atom. The number of hydrogen-bond donors (Lipinski definition) is 0. The third-order valence-corrected chi connectivity index (χ3v) is 13.4. The van der Waals surface area contributed by atoms with Gasteiger partial charge in [0.25, 0.3) is 0 Å². The number of allylic oxidation sites excluding steroid dienone is 4. The number of ether oxygens (including phenoxy) is 2. The minimum atomic E-state index is -4.41. The lowest BCUT2D eigenvalue weighted by Gasteiger charge is -2.52. The minimum absolute atomic E-state index is 0.267. The van der Waals surface area contributed by atoms with Crippen LogP contribution in [0.2, 0.25) is 0 Å². The first kappa shape index (κ1) is 47.1. The molecule has 6 rings (SSSR count). The molecule has 0 spiro atoms. The van der Waals surface area contributed by atoms with Crippen molar-refractivity contribution in [3.63, 3.8) is 0 Å². The highest BCUT2D eigenvalue weighted by molar-refractivity contribution is 7.81. The monoisotopic (exact) mass is 840 g/mol. The summed E-state index contributed by atoms with van der Waals surface area (Å²) in [6.45, 7) is 17.0. The van der Waals surface area contributed by atoms with E-state index in [9.17, 15) is 25.9 Å². The molecule has 14 heteroatoms. The molecule has 58 heavy (non-hydrogen) atoms. The average Bonchev–Trinajstić information content (AvgIpc) is 3.20. The van der Waals surface area contributed by atoms with Crippen LogP contribution in [0.5, 0.6) is 0 Å². The molecule has 0 saturated heterocycles. The van der Waals surface area contributed by atoms with Gasteiger partial charge in [0.2, 0.25) is 20.8 Å². The van der Waals surface area contributed by atoms with Crippen molar-refractivity contribution >= 4 is 20.8 Å². The summed E-state index contributed by atoms with van der Waals surface area (Å²) in [5, 5.41) is 0. The maximum atomic E-state index is 9.22. The van der Waals surface area contributed by atoms with Crippen molar-refractivity contribution in [1.29, 1.82) is 0 Å². The van der Waals surface area contributed by atoms with Crippen LogP contribution in [0.3, 0.4) is 0 Å². The van der Waals surface area contributed by atoms with Gasteiger partial charge < -0.3 is 27.5 Å². The van der Waals surface area contributed by atoms with Crippen LogP contribution in [-0.4, -0.2) is 127 Å². The van der Waals surface area contributed by atoms with Crippen LogP contribution >= 0.6 is 0 Å². The fraction of sp³-hybridized carbons (Fsp3) is 0.455. The third-order valence-electron chi connectivity index (χ3n) is 12.6. The van der Waals surface area contributed by atoms with Crippen LogP contribution in [0.4, 0.5) is 0 Å². The molecule has 4 atom stereocenters. The largest absolute Gasteiger partial charge is 0.726 e. The Morgan fingerprint density at radius 3 is 1.03 bits per heavy atom. The SMILES string of the molecule is CC[N+](C)(CC)CCOC12C=CC=CC1(c1ccc(-c3ccc(C45C=CC=CC4(OCC[N+](C)(CC)CC)C=C5)cc3)cc1)C=C2.COS(=O)(=O)[O-].COS(=O)(=O)[O-]. The quantitative estimate of drug-likeness (QED) is 0.0817. The molecule has 0 heterocycles. The lowest BCUT2D eigenvalue weighted by atomic mass is 9.57. The normalized spacial score (nSPS) is 25.3. The van der Waals surface area contributed by atoms with Gasteiger partial charge in [-0.15, -0.1) is 0 Å². The van der Waals surface area contributed by atoms with Crippen LogP contribution in [0, 0.1) is 0 Å². The molecular formula is C44H60N2O10S2. The first-order chi connectivity index (χ1) is 27.3. The fourth-order valence-corrected chi connectivity index (χ4v) is 7.52. The Kier molecular flexibility index (Phi) is 15.3. The summed E-state index contributed by atoms with van der Waals surface area (Å²) >= 11 is 0. The zero-order chi connectivity index (χ0) is 42.9. The summed E-state index contributed by atoms with van der Waals surface area (Å²) in [5.41, 5.74) is 3.58. The molecule has 318 valence electrons. The molecule has 4 unspecified atom stereocenters. The van der Waals surface area contributed by atoms with Gasteiger partial charge in [-0.2, -0.15) is 0 Å². The van der Waals surface area contributed by atoms with Gasteiger partial charge in [-0.3, -0.25) is 8.37 Å². The maximum Gasteiger partial charge on any atom is 0.217 e. The molecule has 2 aromatic carbocycles. The first-order valence-corrected chi connectivity index (χ1v) is 22.3. The average molecular weight is 841 g/mol. The van der Waals surface area contributed by atoms with Gasteiger partial charge in [0.1, 0.15) is 24.3 Å². The van der Waals surface area contributed by atoms with Crippen molar-refractivity contribution in [3.8, 4) is 11.1 Å². The van der Waals surface area contributed by atoms with E-state index < -0.39 is 32.0 Å². The number of rotatable bonds is 17. The predicted octanol–water partition coefficient (Wildman–Crippen LogP) is 5.89. The zero-order valence-corrected chi connectivity index (χ0v) is 36.6. The Morgan fingerprint density at radius 2 is 0.793 bits per heavy atom. The third kappa shape index (κ3) is 10.2. The van der Waals surface area contributed by atoms with Gasteiger partial charge in [-0.05, 0) is 62.1 Å². The summed E-state index contributed by atoms with van der Waals surface area (Å²) in [6.07, 6.45) is 26.8. The Hall–Kier alpha value is -3.54.